The van der Waals surface area contributed by atoms with Crippen LogP contribution in [0.4, 0.5) is 4.39 Å². The first kappa shape index (κ1) is 20.5. The first-order valence-corrected chi connectivity index (χ1v) is 10.3. The largest absolute Gasteiger partial charge is 0.345 e. The van der Waals surface area contributed by atoms with Gasteiger partial charge in [0.25, 0.3) is 5.91 Å². The number of nitrogens with one attached hydrogen (secondary N) is 2. The van der Waals surface area contributed by atoms with Gasteiger partial charge in [-0.3, -0.25) is 4.79 Å². The highest BCUT2D eigenvalue weighted by Crippen LogP contribution is 2.20. The van der Waals surface area contributed by atoms with E-state index in [0.29, 0.717) is 0 Å². The van der Waals surface area contributed by atoms with Crippen molar-refractivity contribution in [1.29, 1.82) is 0 Å². The van der Waals surface area contributed by atoms with E-state index < -0.39 is 21.7 Å². The molecule has 1 amide bonds. The van der Waals surface area contributed by atoms with Crippen molar-refractivity contribution in [2.45, 2.75) is 37.8 Å². The van der Waals surface area contributed by atoms with Gasteiger partial charge < -0.3 is 5.32 Å². The van der Waals surface area contributed by atoms with E-state index in [1.165, 1.54) is 0 Å². The van der Waals surface area contributed by atoms with E-state index in [2.05, 4.69) is 26.0 Å². The molecule has 2 aromatic carbocycles. The lowest BCUT2D eigenvalue weighted by molar-refractivity contribution is 0.0935. The van der Waals surface area contributed by atoms with E-state index >= 15 is 0 Å². The summed E-state index contributed by atoms with van der Waals surface area (Å²) in [7, 11) is -3.82. The van der Waals surface area contributed by atoms with Gasteiger partial charge in [-0.2, -0.15) is 0 Å². The highest BCUT2D eigenvalue weighted by molar-refractivity contribution is 9.10. The topological polar surface area (TPSA) is 75.3 Å². The van der Waals surface area contributed by atoms with Crippen LogP contribution in [-0.4, -0.2) is 20.4 Å². The molecule has 2 aromatic rings. The number of sulfonamides is 1. The maximum Gasteiger partial charge on any atom is 0.254 e. The van der Waals surface area contributed by atoms with E-state index in [0.717, 1.165) is 28.2 Å². The van der Waals surface area contributed by atoms with Crippen molar-refractivity contribution in [3.8, 4) is 0 Å². The molecular weight excluding hydrogens is 423 g/mol. The van der Waals surface area contributed by atoms with E-state index in [1.54, 1.807) is 20.8 Å². The molecule has 0 saturated heterocycles. The van der Waals surface area contributed by atoms with Crippen molar-refractivity contribution in [2.24, 2.45) is 0 Å². The predicted molar refractivity (Wildman–Crippen MR) is 102 cm³/mol. The van der Waals surface area contributed by atoms with Gasteiger partial charge in [0.05, 0.1) is 16.5 Å². The van der Waals surface area contributed by atoms with Gasteiger partial charge in [-0.1, -0.05) is 28.1 Å². The van der Waals surface area contributed by atoms with Crippen LogP contribution in [0.1, 0.15) is 42.7 Å². The minimum atomic E-state index is -3.82. The fourth-order valence-electron chi connectivity index (χ4n) is 2.36. The van der Waals surface area contributed by atoms with Crippen LogP contribution in [0.2, 0.25) is 0 Å². The highest BCUT2D eigenvalue weighted by Gasteiger charge is 2.21. The van der Waals surface area contributed by atoms with Crippen LogP contribution >= 0.6 is 15.9 Å². The Hall–Kier alpha value is -1.77. The van der Waals surface area contributed by atoms with Crippen LogP contribution in [0, 0.1) is 5.82 Å². The van der Waals surface area contributed by atoms with E-state index in [9.17, 15) is 17.6 Å². The van der Waals surface area contributed by atoms with Gasteiger partial charge in [0.2, 0.25) is 10.0 Å². The third-order valence-electron chi connectivity index (χ3n) is 3.58. The SMILES string of the molecule is CC(C)NS(=O)(=O)c1ccc(F)c(C(=O)NC(C)c2cccc(Br)c2)c1. The fourth-order valence-corrected chi connectivity index (χ4v) is 4.05. The summed E-state index contributed by atoms with van der Waals surface area (Å²) in [6, 6.07) is 9.81. The third kappa shape index (κ3) is 5.12. The fraction of sp³-hybridized carbons (Fsp3) is 0.278. The predicted octanol–water partition coefficient (Wildman–Crippen LogP) is 3.77. The molecule has 5 nitrogen and oxygen atoms in total. The Balaban J connectivity index is 2.27. The summed E-state index contributed by atoms with van der Waals surface area (Å²) in [6.07, 6.45) is 0. The second-order valence-electron chi connectivity index (χ2n) is 6.17. The number of carbonyl (C=O) groups is 1. The minimum absolute atomic E-state index is 0.159. The third-order valence-corrected chi connectivity index (χ3v) is 5.73. The molecule has 0 aliphatic carbocycles. The number of hydrogen-bond acceptors (Lipinski definition) is 3. The van der Waals surface area contributed by atoms with Crippen LogP contribution in [0.15, 0.2) is 51.8 Å². The molecule has 0 spiro atoms. The number of benzene rings is 2. The van der Waals surface area contributed by atoms with Gasteiger partial charge in [0.15, 0.2) is 0 Å². The Morgan fingerprint density at radius 1 is 1.12 bits per heavy atom. The highest BCUT2D eigenvalue weighted by atomic mass is 79.9. The number of hydrogen-bond donors (Lipinski definition) is 2. The van der Waals surface area contributed by atoms with Crippen molar-refractivity contribution in [3.05, 3.63) is 63.9 Å². The molecule has 1 atom stereocenters. The number of amides is 1. The van der Waals surface area contributed by atoms with Crippen LogP contribution in [0.5, 0.6) is 0 Å². The average Bonchev–Trinajstić information content (AvgIpc) is 2.53. The summed E-state index contributed by atoms with van der Waals surface area (Å²) < 4.78 is 41.8. The minimum Gasteiger partial charge on any atom is -0.345 e. The number of carbonyl (C=O) groups excluding carboxylic acids is 1. The Morgan fingerprint density at radius 3 is 2.42 bits per heavy atom. The number of rotatable bonds is 6. The van der Waals surface area contributed by atoms with Gasteiger partial charge in [0.1, 0.15) is 5.82 Å². The molecular formula is C18H20BrFN2O3S. The lowest BCUT2D eigenvalue weighted by Gasteiger charge is -2.16. The Morgan fingerprint density at radius 2 is 1.81 bits per heavy atom. The lowest BCUT2D eigenvalue weighted by atomic mass is 10.1. The summed E-state index contributed by atoms with van der Waals surface area (Å²) in [5.74, 6) is -1.47. The van der Waals surface area contributed by atoms with Crippen molar-refractivity contribution >= 4 is 31.9 Å². The Kier molecular flexibility index (Phi) is 6.54. The van der Waals surface area contributed by atoms with E-state index in [4.69, 9.17) is 0 Å². The maximum atomic E-state index is 14.1. The molecule has 0 heterocycles. The number of halogens is 2. The smallest absolute Gasteiger partial charge is 0.254 e. The molecule has 0 aliphatic heterocycles. The molecule has 8 heteroatoms. The zero-order valence-electron chi connectivity index (χ0n) is 14.6. The summed E-state index contributed by atoms with van der Waals surface area (Å²) in [6.45, 7) is 5.11. The average molecular weight is 443 g/mol. The standard InChI is InChI=1S/C18H20BrFN2O3S/c1-11(2)22-26(24,25)15-7-8-17(20)16(10-15)18(23)21-12(3)13-5-4-6-14(19)9-13/h4-12,22H,1-3H3,(H,21,23). The molecule has 2 rings (SSSR count). The monoisotopic (exact) mass is 442 g/mol. The normalized spacial score (nSPS) is 12.8. The molecule has 140 valence electrons. The van der Waals surface area contributed by atoms with Crippen LogP contribution in [0.3, 0.4) is 0 Å². The first-order valence-electron chi connectivity index (χ1n) is 7.98. The van der Waals surface area contributed by atoms with Crippen molar-refractivity contribution in [1.82, 2.24) is 10.0 Å². The molecule has 0 fully saturated rings. The van der Waals surface area contributed by atoms with Crippen molar-refractivity contribution < 1.29 is 17.6 Å². The molecule has 1 unspecified atom stereocenters. The van der Waals surface area contributed by atoms with Crippen LogP contribution in [-0.2, 0) is 10.0 Å². The van der Waals surface area contributed by atoms with Crippen molar-refractivity contribution in [3.63, 3.8) is 0 Å². The molecule has 0 aromatic heterocycles. The molecule has 0 radical (unpaired) electrons. The van der Waals surface area contributed by atoms with Crippen molar-refractivity contribution in [2.75, 3.05) is 0 Å². The van der Waals surface area contributed by atoms with Gasteiger partial charge in [-0.15, -0.1) is 0 Å². The summed E-state index contributed by atoms with van der Waals surface area (Å²) in [5, 5.41) is 2.68. The molecule has 0 saturated carbocycles. The van der Waals surface area contributed by atoms with Gasteiger partial charge >= 0.3 is 0 Å². The summed E-state index contributed by atoms with van der Waals surface area (Å²) in [5.41, 5.74) is 0.511. The Bertz CT molecular complexity index is 916. The molecule has 0 bridgehead atoms. The quantitative estimate of drug-likeness (QED) is 0.714. The van der Waals surface area contributed by atoms with Gasteiger partial charge in [-0.25, -0.2) is 17.5 Å². The van der Waals surface area contributed by atoms with E-state index in [1.807, 2.05) is 24.3 Å². The lowest BCUT2D eigenvalue weighted by Crippen LogP contribution is -2.31. The summed E-state index contributed by atoms with van der Waals surface area (Å²) in [4.78, 5) is 12.3. The summed E-state index contributed by atoms with van der Waals surface area (Å²) >= 11 is 3.36. The van der Waals surface area contributed by atoms with Gasteiger partial charge in [-0.05, 0) is 56.7 Å². The first-order chi connectivity index (χ1) is 12.1. The molecule has 26 heavy (non-hydrogen) atoms. The second kappa shape index (κ2) is 8.28. The zero-order valence-corrected chi connectivity index (χ0v) is 17.0. The van der Waals surface area contributed by atoms with E-state index in [-0.39, 0.29) is 22.5 Å². The second-order valence-corrected chi connectivity index (χ2v) is 8.80. The van der Waals surface area contributed by atoms with Crippen LogP contribution in [0.25, 0.3) is 0 Å². The maximum absolute atomic E-state index is 14.1. The van der Waals surface area contributed by atoms with Gasteiger partial charge in [0, 0.05) is 10.5 Å². The Labute approximate surface area is 161 Å². The van der Waals surface area contributed by atoms with Crippen LogP contribution < -0.4 is 10.0 Å². The molecule has 0 aliphatic rings. The molecule has 2 N–H and O–H groups in total. The zero-order chi connectivity index (χ0) is 19.5.